The van der Waals surface area contributed by atoms with E-state index < -0.39 is 0 Å². The first-order valence-corrected chi connectivity index (χ1v) is 5.89. The molecule has 1 aromatic heterocycles. The van der Waals surface area contributed by atoms with Crippen molar-refractivity contribution < 1.29 is 5.11 Å². The van der Waals surface area contributed by atoms with Gasteiger partial charge in [-0.05, 0) is 42.7 Å². The molecule has 0 atom stereocenters. The number of aryl methyl sites for hydroxylation is 1. The van der Waals surface area contributed by atoms with Gasteiger partial charge in [0.25, 0.3) is 0 Å². The highest BCUT2D eigenvalue weighted by Crippen LogP contribution is 2.18. The number of phenols is 1. The van der Waals surface area contributed by atoms with Crippen LogP contribution in [-0.2, 0) is 6.42 Å². The summed E-state index contributed by atoms with van der Waals surface area (Å²) in [5, 5.41) is 12.4. The molecule has 0 saturated heterocycles. The topological polar surface area (TPSA) is 71.2 Å². The molecule has 1 heterocycles. The van der Waals surface area contributed by atoms with Crippen molar-refractivity contribution >= 4 is 11.5 Å². The largest absolute Gasteiger partial charge is 0.508 e. The Bertz CT molecular complexity index is 523. The van der Waals surface area contributed by atoms with E-state index in [1.54, 1.807) is 18.3 Å². The third-order valence-corrected chi connectivity index (χ3v) is 2.85. The summed E-state index contributed by atoms with van der Waals surface area (Å²) in [6, 6.07) is 9.08. The maximum atomic E-state index is 9.18. The number of rotatable bonds is 4. The van der Waals surface area contributed by atoms with Crippen molar-refractivity contribution in [1.29, 1.82) is 0 Å². The van der Waals surface area contributed by atoms with E-state index in [-0.39, 0.29) is 5.75 Å². The first-order valence-electron chi connectivity index (χ1n) is 5.89. The molecule has 94 valence electrons. The molecular weight excluding hydrogens is 226 g/mol. The molecule has 0 spiro atoms. The Morgan fingerprint density at radius 2 is 1.94 bits per heavy atom. The van der Waals surface area contributed by atoms with Crippen molar-refractivity contribution in [2.24, 2.45) is 0 Å². The number of nitrogen functional groups attached to an aromatic ring is 1. The summed E-state index contributed by atoms with van der Waals surface area (Å²) in [6.45, 7) is 2.72. The van der Waals surface area contributed by atoms with Crippen LogP contribution >= 0.6 is 0 Å². The fourth-order valence-corrected chi connectivity index (χ4v) is 1.70. The summed E-state index contributed by atoms with van der Waals surface area (Å²) < 4.78 is 0. The molecular formula is C14H17N3O. The van der Waals surface area contributed by atoms with Gasteiger partial charge in [-0.25, -0.2) is 4.98 Å². The van der Waals surface area contributed by atoms with E-state index >= 15 is 0 Å². The number of nitrogens with one attached hydrogen (secondary N) is 1. The summed E-state index contributed by atoms with van der Waals surface area (Å²) in [4.78, 5) is 4.21. The van der Waals surface area contributed by atoms with Crippen molar-refractivity contribution in [3.63, 3.8) is 0 Å². The average molecular weight is 243 g/mol. The number of aromatic nitrogens is 1. The molecule has 0 radical (unpaired) electrons. The van der Waals surface area contributed by atoms with E-state index in [9.17, 15) is 5.11 Å². The second-order valence-electron chi connectivity index (χ2n) is 4.23. The molecule has 2 aromatic rings. The molecule has 4 nitrogen and oxygen atoms in total. The predicted molar refractivity (Wildman–Crippen MR) is 73.7 cm³/mol. The van der Waals surface area contributed by atoms with Crippen molar-refractivity contribution in [1.82, 2.24) is 4.98 Å². The Kier molecular flexibility index (Phi) is 3.67. The van der Waals surface area contributed by atoms with E-state index in [1.807, 2.05) is 25.1 Å². The summed E-state index contributed by atoms with van der Waals surface area (Å²) in [6.07, 6.45) is 2.60. The van der Waals surface area contributed by atoms with Gasteiger partial charge >= 0.3 is 0 Å². The quantitative estimate of drug-likeness (QED) is 0.770. The van der Waals surface area contributed by atoms with E-state index in [0.29, 0.717) is 5.69 Å². The molecule has 0 aliphatic rings. The number of nitrogens with two attached hydrogens (primary N) is 1. The van der Waals surface area contributed by atoms with Crippen molar-refractivity contribution in [3.05, 3.63) is 47.7 Å². The summed E-state index contributed by atoms with van der Waals surface area (Å²) in [5.41, 5.74) is 8.81. The van der Waals surface area contributed by atoms with Gasteiger partial charge in [0, 0.05) is 12.7 Å². The van der Waals surface area contributed by atoms with Gasteiger partial charge < -0.3 is 16.2 Å². The van der Waals surface area contributed by atoms with Crippen molar-refractivity contribution in [3.8, 4) is 5.75 Å². The molecule has 0 aliphatic heterocycles. The maximum absolute atomic E-state index is 9.18. The van der Waals surface area contributed by atoms with Gasteiger partial charge in [-0.1, -0.05) is 12.1 Å². The monoisotopic (exact) mass is 243 g/mol. The van der Waals surface area contributed by atoms with Crippen LogP contribution in [0.15, 0.2) is 36.5 Å². The molecule has 0 fully saturated rings. The number of phenolic OH excluding ortho intramolecular Hbond substituents is 1. The van der Waals surface area contributed by atoms with Gasteiger partial charge in [-0.2, -0.15) is 0 Å². The lowest BCUT2D eigenvalue weighted by Crippen LogP contribution is -2.09. The van der Waals surface area contributed by atoms with Gasteiger partial charge in [0.15, 0.2) is 0 Å². The molecule has 0 amide bonds. The van der Waals surface area contributed by atoms with Gasteiger partial charge in [-0.3, -0.25) is 0 Å². The highest BCUT2D eigenvalue weighted by atomic mass is 16.3. The molecule has 0 saturated carbocycles. The summed E-state index contributed by atoms with van der Waals surface area (Å²) in [7, 11) is 0. The van der Waals surface area contributed by atoms with E-state index in [0.717, 1.165) is 29.9 Å². The minimum Gasteiger partial charge on any atom is -0.508 e. The van der Waals surface area contributed by atoms with Crippen LogP contribution in [0.5, 0.6) is 5.75 Å². The van der Waals surface area contributed by atoms with Crippen LogP contribution < -0.4 is 11.1 Å². The lowest BCUT2D eigenvalue weighted by molar-refractivity contribution is 0.475. The fraction of sp³-hybridized carbons (Fsp3) is 0.214. The van der Waals surface area contributed by atoms with Crippen molar-refractivity contribution in [2.75, 3.05) is 17.6 Å². The maximum Gasteiger partial charge on any atom is 0.149 e. The number of hydrogen-bond acceptors (Lipinski definition) is 4. The minimum atomic E-state index is 0.288. The summed E-state index contributed by atoms with van der Waals surface area (Å²) in [5.74, 6) is 1.02. The van der Waals surface area contributed by atoms with Crippen LogP contribution in [0.4, 0.5) is 11.5 Å². The molecule has 0 bridgehead atoms. The Hall–Kier alpha value is -2.23. The van der Waals surface area contributed by atoms with Gasteiger partial charge in [0.05, 0.1) is 5.69 Å². The molecule has 4 heteroatoms. The van der Waals surface area contributed by atoms with Crippen LogP contribution in [0, 0.1) is 6.92 Å². The molecule has 1 aromatic carbocycles. The zero-order chi connectivity index (χ0) is 13.0. The molecule has 0 unspecified atom stereocenters. The predicted octanol–water partition coefficient (Wildman–Crippen LogP) is 2.33. The highest BCUT2D eigenvalue weighted by Gasteiger charge is 2.02. The van der Waals surface area contributed by atoms with Crippen LogP contribution in [0.3, 0.4) is 0 Å². The van der Waals surface area contributed by atoms with E-state index in [1.165, 1.54) is 0 Å². The zero-order valence-electron chi connectivity index (χ0n) is 10.4. The second-order valence-corrected chi connectivity index (χ2v) is 4.23. The van der Waals surface area contributed by atoms with Crippen LogP contribution in [0.2, 0.25) is 0 Å². The number of nitrogens with zero attached hydrogens (tertiary/aromatic N) is 1. The van der Waals surface area contributed by atoms with Crippen LogP contribution in [-0.4, -0.2) is 16.6 Å². The van der Waals surface area contributed by atoms with E-state index in [4.69, 9.17) is 5.73 Å². The third kappa shape index (κ3) is 2.91. The normalized spacial score (nSPS) is 10.3. The Labute approximate surface area is 106 Å². The van der Waals surface area contributed by atoms with Crippen LogP contribution in [0.25, 0.3) is 0 Å². The third-order valence-electron chi connectivity index (χ3n) is 2.85. The van der Waals surface area contributed by atoms with Gasteiger partial charge in [-0.15, -0.1) is 0 Å². The Morgan fingerprint density at radius 3 is 2.67 bits per heavy atom. The number of aromatic hydroxyl groups is 1. The standard InChI is InChI=1S/C14H17N3O/c1-10-6-8-16-14(13(10)15)17-9-7-11-2-4-12(18)5-3-11/h2-6,8,18H,7,9,15H2,1H3,(H,16,17). The highest BCUT2D eigenvalue weighted by molar-refractivity contribution is 5.64. The van der Waals surface area contributed by atoms with E-state index in [2.05, 4.69) is 10.3 Å². The molecule has 4 N–H and O–H groups in total. The number of hydrogen-bond donors (Lipinski definition) is 3. The molecule has 18 heavy (non-hydrogen) atoms. The smallest absolute Gasteiger partial charge is 0.149 e. The number of benzene rings is 1. The SMILES string of the molecule is Cc1ccnc(NCCc2ccc(O)cc2)c1N. The number of pyridine rings is 1. The molecule has 0 aliphatic carbocycles. The van der Waals surface area contributed by atoms with Crippen molar-refractivity contribution in [2.45, 2.75) is 13.3 Å². The lowest BCUT2D eigenvalue weighted by atomic mass is 10.1. The molecule has 2 rings (SSSR count). The first-order chi connectivity index (χ1) is 8.66. The van der Waals surface area contributed by atoms with Gasteiger partial charge in [0.1, 0.15) is 11.6 Å². The van der Waals surface area contributed by atoms with Crippen LogP contribution in [0.1, 0.15) is 11.1 Å². The minimum absolute atomic E-state index is 0.288. The number of anilines is 2. The fourth-order valence-electron chi connectivity index (χ4n) is 1.70. The first kappa shape index (κ1) is 12.2. The Morgan fingerprint density at radius 1 is 1.22 bits per heavy atom. The average Bonchev–Trinajstić information content (AvgIpc) is 2.37. The van der Waals surface area contributed by atoms with Gasteiger partial charge in [0.2, 0.25) is 0 Å². The zero-order valence-corrected chi connectivity index (χ0v) is 10.4. The second kappa shape index (κ2) is 5.40. The Balaban J connectivity index is 1.92. The lowest BCUT2D eigenvalue weighted by Gasteiger charge is -2.09. The summed E-state index contributed by atoms with van der Waals surface area (Å²) >= 11 is 0.